The number of methoxy groups -OCH3 is 2. The van der Waals surface area contributed by atoms with Crippen molar-refractivity contribution in [3.05, 3.63) is 84.2 Å². The number of hydrogen-bond donors (Lipinski definition) is 1. The van der Waals surface area contributed by atoms with Crippen LogP contribution in [0.5, 0.6) is 11.5 Å². The normalized spacial score (nSPS) is 12.0. The Morgan fingerprint density at radius 1 is 0.900 bits per heavy atom. The van der Waals surface area contributed by atoms with Crippen LogP contribution >= 0.6 is 0 Å². The third-order valence-electron chi connectivity index (χ3n) is 6.13. The van der Waals surface area contributed by atoms with Crippen LogP contribution < -0.4 is 19.1 Å². The van der Waals surface area contributed by atoms with E-state index in [1.165, 1.54) is 61.6 Å². The molecule has 0 saturated heterocycles. The van der Waals surface area contributed by atoms with E-state index in [1.807, 2.05) is 0 Å². The van der Waals surface area contributed by atoms with Gasteiger partial charge in [0.1, 0.15) is 18.4 Å². The Morgan fingerprint density at radius 2 is 1.52 bits per heavy atom. The molecule has 0 aliphatic heterocycles. The molecule has 0 unspecified atom stereocenters. The van der Waals surface area contributed by atoms with Crippen LogP contribution in [0.1, 0.15) is 26.3 Å². The van der Waals surface area contributed by atoms with Gasteiger partial charge in [-0.1, -0.05) is 30.3 Å². The first-order chi connectivity index (χ1) is 19.0. The number of carbonyl (C=O) groups is 2. The van der Waals surface area contributed by atoms with Crippen LogP contribution in [0.15, 0.2) is 77.7 Å². The SMILES string of the molecule is COc1ccc(S(=O)(=O)N(CC(=O)N(Cc2ccc(F)cc2)[C@H](C)C(=O)NC(C)C)c2ccccc2)cc1OC. The van der Waals surface area contributed by atoms with E-state index >= 15 is 0 Å². The third-order valence-corrected chi connectivity index (χ3v) is 7.90. The van der Waals surface area contributed by atoms with Gasteiger partial charge >= 0.3 is 0 Å². The lowest BCUT2D eigenvalue weighted by molar-refractivity contribution is -0.139. The van der Waals surface area contributed by atoms with E-state index in [0.29, 0.717) is 11.3 Å². The fraction of sp³-hybridized carbons (Fsp3) is 0.310. The Morgan fingerprint density at radius 3 is 2.10 bits per heavy atom. The lowest BCUT2D eigenvalue weighted by Crippen LogP contribution is -2.52. The molecule has 1 N–H and O–H groups in total. The van der Waals surface area contributed by atoms with Gasteiger partial charge in [0.2, 0.25) is 11.8 Å². The molecule has 2 amide bonds. The van der Waals surface area contributed by atoms with Crippen molar-refractivity contribution in [2.75, 3.05) is 25.1 Å². The number of sulfonamides is 1. The minimum Gasteiger partial charge on any atom is -0.493 e. The zero-order valence-electron chi connectivity index (χ0n) is 23.1. The largest absolute Gasteiger partial charge is 0.493 e. The van der Waals surface area contributed by atoms with E-state index in [-0.39, 0.29) is 28.9 Å². The van der Waals surface area contributed by atoms with Crippen LogP contribution in [0.4, 0.5) is 10.1 Å². The van der Waals surface area contributed by atoms with Crippen molar-refractivity contribution < 1.29 is 31.9 Å². The molecule has 9 nitrogen and oxygen atoms in total. The first-order valence-corrected chi connectivity index (χ1v) is 14.1. The zero-order chi connectivity index (χ0) is 29.4. The van der Waals surface area contributed by atoms with Gasteiger partial charge < -0.3 is 19.7 Å². The standard InChI is InChI=1S/C29H34FN3O6S/c1-20(2)31-29(35)21(3)32(18-22-11-13-23(30)14-12-22)28(34)19-33(24-9-7-6-8-10-24)40(36,37)25-15-16-26(38-4)27(17-25)39-5/h6-17,20-21H,18-19H2,1-5H3,(H,31,35)/t21-/m1/s1. The molecule has 0 aromatic heterocycles. The van der Waals surface area contributed by atoms with Gasteiger partial charge in [0.15, 0.2) is 11.5 Å². The lowest BCUT2D eigenvalue weighted by Gasteiger charge is -2.32. The van der Waals surface area contributed by atoms with Crippen molar-refractivity contribution in [2.24, 2.45) is 0 Å². The summed E-state index contributed by atoms with van der Waals surface area (Å²) in [6.45, 7) is 4.52. The molecule has 0 spiro atoms. The number of carbonyl (C=O) groups excluding carboxylic acids is 2. The second-order valence-electron chi connectivity index (χ2n) is 9.35. The van der Waals surface area contributed by atoms with Gasteiger partial charge in [-0.3, -0.25) is 13.9 Å². The Labute approximate surface area is 234 Å². The van der Waals surface area contributed by atoms with Gasteiger partial charge in [-0.25, -0.2) is 12.8 Å². The number of para-hydroxylation sites is 1. The topological polar surface area (TPSA) is 105 Å². The number of halogens is 1. The van der Waals surface area contributed by atoms with Gasteiger partial charge in [-0.15, -0.1) is 0 Å². The lowest BCUT2D eigenvalue weighted by atomic mass is 10.1. The maximum absolute atomic E-state index is 13.9. The summed E-state index contributed by atoms with van der Waals surface area (Å²) in [6, 6.07) is 16.8. The second kappa shape index (κ2) is 13.3. The molecule has 0 radical (unpaired) electrons. The number of benzene rings is 3. The molecule has 0 heterocycles. The molecule has 0 bridgehead atoms. The highest BCUT2D eigenvalue weighted by atomic mass is 32.2. The summed E-state index contributed by atoms with van der Waals surface area (Å²) in [5.74, 6) is -0.911. The minimum absolute atomic E-state index is 0.0369. The molecule has 40 heavy (non-hydrogen) atoms. The zero-order valence-corrected chi connectivity index (χ0v) is 23.9. The molecule has 11 heteroatoms. The van der Waals surface area contributed by atoms with E-state index in [2.05, 4.69) is 5.32 Å². The minimum atomic E-state index is -4.28. The number of ether oxygens (including phenoxy) is 2. The number of nitrogens with one attached hydrogen (secondary N) is 1. The first kappa shape index (κ1) is 30.4. The summed E-state index contributed by atoms with van der Waals surface area (Å²) < 4.78 is 52.9. The maximum Gasteiger partial charge on any atom is 0.264 e. The Hall–Kier alpha value is -4.12. The van der Waals surface area contributed by atoms with Gasteiger partial charge in [0, 0.05) is 18.7 Å². The Kier molecular flexibility index (Phi) is 10.1. The Balaban J connectivity index is 2.04. The number of hydrogen-bond acceptors (Lipinski definition) is 6. The fourth-order valence-corrected chi connectivity index (χ4v) is 5.43. The third kappa shape index (κ3) is 7.29. The number of amides is 2. The second-order valence-corrected chi connectivity index (χ2v) is 11.2. The highest BCUT2D eigenvalue weighted by Gasteiger charge is 2.33. The number of anilines is 1. The van der Waals surface area contributed by atoms with E-state index in [9.17, 15) is 22.4 Å². The summed E-state index contributed by atoms with van der Waals surface area (Å²) in [5.41, 5.74) is 0.833. The van der Waals surface area contributed by atoms with Crippen molar-refractivity contribution in [1.29, 1.82) is 0 Å². The van der Waals surface area contributed by atoms with Crippen molar-refractivity contribution in [2.45, 2.75) is 44.3 Å². The molecular formula is C29H34FN3O6S. The van der Waals surface area contributed by atoms with Crippen molar-refractivity contribution in [3.63, 3.8) is 0 Å². The summed E-state index contributed by atoms with van der Waals surface area (Å²) in [7, 11) is -1.45. The Bertz CT molecular complexity index is 1420. The average Bonchev–Trinajstić information content (AvgIpc) is 2.94. The van der Waals surface area contributed by atoms with E-state index in [4.69, 9.17) is 9.47 Å². The van der Waals surface area contributed by atoms with E-state index in [1.54, 1.807) is 51.1 Å². The molecule has 0 aliphatic rings. The smallest absolute Gasteiger partial charge is 0.264 e. The average molecular weight is 572 g/mol. The van der Waals surface area contributed by atoms with Crippen LogP contribution in [-0.4, -0.2) is 58.0 Å². The number of nitrogens with zero attached hydrogens (tertiary/aromatic N) is 2. The predicted octanol–water partition coefficient (Wildman–Crippen LogP) is 3.98. The fourth-order valence-electron chi connectivity index (χ4n) is 4.00. The first-order valence-electron chi connectivity index (χ1n) is 12.6. The summed E-state index contributed by atoms with van der Waals surface area (Å²) in [6.07, 6.45) is 0. The van der Waals surface area contributed by atoms with Crippen LogP contribution in [0, 0.1) is 5.82 Å². The van der Waals surface area contributed by atoms with Crippen molar-refractivity contribution >= 4 is 27.5 Å². The highest BCUT2D eigenvalue weighted by Crippen LogP contribution is 2.32. The summed E-state index contributed by atoms with van der Waals surface area (Å²) in [5, 5.41) is 2.79. The van der Waals surface area contributed by atoms with Crippen molar-refractivity contribution in [1.82, 2.24) is 10.2 Å². The summed E-state index contributed by atoms with van der Waals surface area (Å²) in [4.78, 5) is 27.9. The van der Waals surface area contributed by atoms with E-state index in [0.717, 1.165) is 4.31 Å². The molecule has 214 valence electrons. The van der Waals surface area contributed by atoms with Crippen LogP contribution in [-0.2, 0) is 26.2 Å². The van der Waals surface area contributed by atoms with E-state index < -0.39 is 40.2 Å². The molecule has 0 fully saturated rings. The monoisotopic (exact) mass is 571 g/mol. The summed E-state index contributed by atoms with van der Waals surface area (Å²) >= 11 is 0. The molecule has 1 atom stereocenters. The van der Waals surface area contributed by atoms with Crippen LogP contribution in [0.25, 0.3) is 0 Å². The predicted molar refractivity (Wildman–Crippen MR) is 150 cm³/mol. The van der Waals surface area contributed by atoms with Crippen molar-refractivity contribution in [3.8, 4) is 11.5 Å². The molecular weight excluding hydrogens is 537 g/mol. The molecule has 3 aromatic carbocycles. The van der Waals surface area contributed by atoms with Gasteiger partial charge in [0.05, 0.1) is 24.8 Å². The highest BCUT2D eigenvalue weighted by molar-refractivity contribution is 7.92. The number of rotatable bonds is 12. The van der Waals surface area contributed by atoms with Gasteiger partial charge in [0.25, 0.3) is 10.0 Å². The molecule has 0 saturated carbocycles. The molecule has 0 aliphatic carbocycles. The van der Waals surface area contributed by atoms with Gasteiger partial charge in [-0.05, 0) is 62.7 Å². The van der Waals surface area contributed by atoms with Gasteiger partial charge in [-0.2, -0.15) is 0 Å². The molecule has 3 rings (SSSR count). The maximum atomic E-state index is 13.9. The quantitative estimate of drug-likeness (QED) is 0.353. The van der Waals surface area contributed by atoms with Crippen LogP contribution in [0.3, 0.4) is 0 Å². The van der Waals surface area contributed by atoms with Crippen LogP contribution in [0.2, 0.25) is 0 Å². The molecule has 3 aromatic rings.